The topological polar surface area (TPSA) is 47.3 Å². The molecule has 0 saturated carbocycles. The van der Waals surface area contributed by atoms with E-state index in [1.165, 1.54) is 18.2 Å². The maximum Gasteiger partial charge on any atom is 0.131 e. The summed E-state index contributed by atoms with van der Waals surface area (Å²) in [6, 6.07) is 9.78. The van der Waals surface area contributed by atoms with Gasteiger partial charge < -0.3 is 4.74 Å². The van der Waals surface area contributed by atoms with Gasteiger partial charge in [0.05, 0.1) is 13.2 Å². The van der Waals surface area contributed by atoms with Gasteiger partial charge in [0.15, 0.2) is 0 Å². The minimum atomic E-state index is -0.757. The summed E-state index contributed by atoms with van der Waals surface area (Å²) in [6.45, 7) is 0. The Kier molecular flexibility index (Phi) is 4.09. The van der Waals surface area contributed by atoms with Crippen molar-refractivity contribution < 1.29 is 13.5 Å². The predicted molar refractivity (Wildman–Crippen MR) is 68.5 cm³/mol. The highest BCUT2D eigenvalue weighted by Gasteiger charge is 2.20. The Morgan fingerprint density at radius 1 is 1.05 bits per heavy atom. The summed E-state index contributed by atoms with van der Waals surface area (Å²) in [7, 11) is 1.55. The number of rotatable bonds is 4. The van der Waals surface area contributed by atoms with Crippen LogP contribution in [0, 0.1) is 11.6 Å². The highest BCUT2D eigenvalue weighted by Crippen LogP contribution is 2.27. The lowest BCUT2D eigenvalue weighted by molar-refractivity contribution is 0.414. The van der Waals surface area contributed by atoms with Gasteiger partial charge in [-0.25, -0.2) is 14.2 Å². The molecule has 0 aliphatic heterocycles. The van der Waals surface area contributed by atoms with Gasteiger partial charge in [-0.2, -0.15) is 0 Å². The molecule has 0 amide bonds. The van der Waals surface area contributed by atoms with E-state index in [9.17, 15) is 8.78 Å². The van der Waals surface area contributed by atoms with E-state index in [0.717, 1.165) is 0 Å². The Hall–Kier alpha value is -1.98. The first-order valence-corrected chi connectivity index (χ1v) is 5.71. The van der Waals surface area contributed by atoms with Crippen LogP contribution in [0.3, 0.4) is 0 Å². The first-order valence-electron chi connectivity index (χ1n) is 5.71. The summed E-state index contributed by atoms with van der Waals surface area (Å²) < 4.78 is 32.6. The Balaban J connectivity index is 2.44. The quantitative estimate of drug-likeness (QED) is 0.659. The van der Waals surface area contributed by atoms with Crippen molar-refractivity contribution in [1.29, 1.82) is 0 Å². The third-order valence-corrected chi connectivity index (χ3v) is 2.90. The fraction of sp³-hybridized carbons (Fsp3) is 0.143. The maximum absolute atomic E-state index is 13.8. The predicted octanol–water partition coefficient (Wildman–Crippen LogP) is 2.53. The van der Waals surface area contributed by atoms with E-state index >= 15 is 0 Å². The number of benzene rings is 2. The zero-order valence-corrected chi connectivity index (χ0v) is 10.4. The number of hydrogen-bond acceptors (Lipinski definition) is 3. The number of halogens is 2. The molecule has 0 saturated heterocycles. The van der Waals surface area contributed by atoms with E-state index in [1.54, 1.807) is 31.4 Å². The number of methoxy groups -OCH3 is 1. The minimum Gasteiger partial charge on any atom is -0.497 e. The molecule has 3 N–H and O–H groups in total. The molecule has 2 aromatic carbocycles. The Bertz CT molecular complexity index is 538. The monoisotopic (exact) mass is 264 g/mol. The summed E-state index contributed by atoms with van der Waals surface area (Å²) in [5.41, 5.74) is 2.98. The van der Waals surface area contributed by atoms with Crippen LogP contribution < -0.4 is 16.0 Å². The summed E-state index contributed by atoms with van der Waals surface area (Å²) in [4.78, 5) is 0. The van der Waals surface area contributed by atoms with Gasteiger partial charge >= 0.3 is 0 Å². The Morgan fingerprint density at radius 3 is 2.11 bits per heavy atom. The SMILES string of the molecule is COc1ccc(C(NN)c2c(F)cccc2F)cc1. The first-order chi connectivity index (χ1) is 9.17. The van der Waals surface area contributed by atoms with Gasteiger partial charge in [-0.1, -0.05) is 18.2 Å². The molecule has 0 aliphatic rings. The van der Waals surface area contributed by atoms with Crippen molar-refractivity contribution in [3.8, 4) is 5.75 Å². The van der Waals surface area contributed by atoms with Crippen molar-refractivity contribution in [2.45, 2.75) is 6.04 Å². The van der Waals surface area contributed by atoms with Crippen molar-refractivity contribution in [2.75, 3.05) is 7.11 Å². The number of ether oxygens (including phenoxy) is 1. The third kappa shape index (κ3) is 2.72. The van der Waals surface area contributed by atoms with Gasteiger partial charge in [-0.3, -0.25) is 5.84 Å². The van der Waals surface area contributed by atoms with Gasteiger partial charge in [0, 0.05) is 5.56 Å². The highest BCUT2D eigenvalue weighted by molar-refractivity contribution is 5.36. The first kappa shape index (κ1) is 13.5. The fourth-order valence-corrected chi connectivity index (χ4v) is 1.93. The number of hydrogen-bond donors (Lipinski definition) is 2. The molecule has 0 spiro atoms. The third-order valence-electron chi connectivity index (χ3n) is 2.90. The van der Waals surface area contributed by atoms with E-state index in [1.807, 2.05) is 0 Å². The Labute approximate surface area is 110 Å². The molecule has 0 heterocycles. The second-order valence-electron chi connectivity index (χ2n) is 4.01. The van der Waals surface area contributed by atoms with Crippen molar-refractivity contribution in [3.05, 3.63) is 65.2 Å². The molecule has 0 aromatic heterocycles. The van der Waals surface area contributed by atoms with Crippen LogP contribution in [-0.2, 0) is 0 Å². The lowest BCUT2D eigenvalue weighted by atomic mass is 9.98. The van der Waals surface area contributed by atoms with Crippen molar-refractivity contribution in [1.82, 2.24) is 5.43 Å². The molecule has 1 atom stereocenters. The number of hydrazine groups is 1. The highest BCUT2D eigenvalue weighted by atomic mass is 19.1. The second-order valence-corrected chi connectivity index (χ2v) is 4.01. The molecule has 100 valence electrons. The van der Waals surface area contributed by atoms with Crippen LogP contribution in [0.2, 0.25) is 0 Å². The average molecular weight is 264 g/mol. The van der Waals surface area contributed by atoms with Crippen LogP contribution >= 0.6 is 0 Å². The molecule has 0 radical (unpaired) electrons. The molecule has 3 nitrogen and oxygen atoms in total. The molecule has 1 unspecified atom stereocenters. The lowest BCUT2D eigenvalue weighted by Gasteiger charge is -2.18. The van der Waals surface area contributed by atoms with E-state index < -0.39 is 17.7 Å². The van der Waals surface area contributed by atoms with Crippen LogP contribution in [0.4, 0.5) is 8.78 Å². The fourth-order valence-electron chi connectivity index (χ4n) is 1.93. The van der Waals surface area contributed by atoms with Gasteiger partial charge in [0.1, 0.15) is 17.4 Å². The minimum absolute atomic E-state index is 0.102. The summed E-state index contributed by atoms with van der Waals surface area (Å²) in [6.07, 6.45) is 0. The number of nitrogens with two attached hydrogens (primary N) is 1. The van der Waals surface area contributed by atoms with Crippen LogP contribution in [0.1, 0.15) is 17.2 Å². The zero-order valence-electron chi connectivity index (χ0n) is 10.4. The van der Waals surface area contributed by atoms with E-state index in [-0.39, 0.29) is 5.56 Å². The summed E-state index contributed by atoms with van der Waals surface area (Å²) >= 11 is 0. The van der Waals surface area contributed by atoms with Gasteiger partial charge in [0.25, 0.3) is 0 Å². The lowest BCUT2D eigenvalue weighted by Crippen LogP contribution is -2.30. The molecule has 0 aliphatic carbocycles. The molecule has 5 heteroatoms. The van der Waals surface area contributed by atoms with Crippen LogP contribution in [0.15, 0.2) is 42.5 Å². The van der Waals surface area contributed by atoms with Crippen LogP contribution in [0.25, 0.3) is 0 Å². The smallest absolute Gasteiger partial charge is 0.131 e. The molecule has 19 heavy (non-hydrogen) atoms. The standard InChI is InChI=1S/C14H14F2N2O/c1-19-10-7-5-9(6-8-10)14(18-17)13-11(15)3-2-4-12(13)16/h2-8,14,18H,17H2,1H3. The van der Waals surface area contributed by atoms with Crippen molar-refractivity contribution >= 4 is 0 Å². The van der Waals surface area contributed by atoms with Gasteiger partial charge in [-0.15, -0.1) is 0 Å². The zero-order chi connectivity index (χ0) is 13.8. The molecule has 0 bridgehead atoms. The molecule has 2 rings (SSSR count). The molecule has 0 fully saturated rings. The second kappa shape index (κ2) is 5.77. The van der Waals surface area contributed by atoms with Crippen molar-refractivity contribution in [3.63, 3.8) is 0 Å². The molecular formula is C14H14F2N2O. The van der Waals surface area contributed by atoms with E-state index in [2.05, 4.69) is 5.43 Å². The average Bonchev–Trinajstić information content (AvgIpc) is 2.43. The van der Waals surface area contributed by atoms with Crippen molar-refractivity contribution in [2.24, 2.45) is 5.84 Å². The largest absolute Gasteiger partial charge is 0.497 e. The van der Waals surface area contributed by atoms with Crippen LogP contribution in [-0.4, -0.2) is 7.11 Å². The Morgan fingerprint density at radius 2 is 1.63 bits per heavy atom. The van der Waals surface area contributed by atoms with Crippen LogP contribution in [0.5, 0.6) is 5.75 Å². The van der Waals surface area contributed by atoms with Gasteiger partial charge in [0.2, 0.25) is 0 Å². The normalized spacial score (nSPS) is 12.2. The maximum atomic E-state index is 13.8. The molecule has 2 aromatic rings. The van der Waals surface area contributed by atoms with E-state index in [4.69, 9.17) is 10.6 Å². The van der Waals surface area contributed by atoms with Gasteiger partial charge in [-0.05, 0) is 29.8 Å². The summed E-state index contributed by atoms with van der Waals surface area (Å²) in [5.74, 6) is 4.81. The van der Waals surface area contributed by atoms with E-state index in [0.29, 0.717) is 11.3 Å². The number of nitrogens with one attached hydrogen (secondary N) is 1. The summed E-state index contributed by atoms with van der Waals surface area (Å²) in [5, 5.41) is 0. The molecular weight excluding hydrogens is 250 g/mol.